The monoisotopic (exact) mass is 446 g/mol. The van der Waals surface area contributed by atoms with E-state index in [0.717, 1.165) is 59.7 Å². The molecule has 0 unspecified atom stereocenters. The molecule has 1 aromatic carbocycles. The smallest absolute Gasteiger partial charge is 0.251 e. The predicted molar refractivity (Wildman–Crippen MR) is 128 cm³/mol. The van der Waals surface area contributed by atoms with Gasteiger partial charge in [0.1, 0.15) is 18.2 Å². The number of aromatic nitrogens is 3. The molecular formula is C25H30N6O2. The molecule has 33 heavy (non-hydrogen) atoms. The van der Waals surface area contributed by atoms with Gasteiger partial charge in [0.25, 0.3) is 5.56 Å². The number of hydrogen-bond donors (Lipinski definition) is 1. The molecule has 1 N–H and O–H groups in total. The van der Waals surface area contributed by atoms with Gasteiger partial charge in [-0.05, 0) is 38.4 Å². The van der Waals surface area contributed by atoms with Gasteiger partial charge in [0.15, 0.2) is 0 Å². The highest BCUT2D eigenvalue weighted by atomic mass is 16.2. The Morgan fingerprint density at radius 1 is 1.21 bits per heavy atom. The minimum atomic E-state index is -0.143. The number of hydrogen-bond acceptors (Lipinski definition) is 6. The van der Waals surface area contributed by atoms with Gasteiger partial charge in [-0.1, -0.05) is 18.2 Å². The molecule has 2 aliphatic rings. The maximum absolute atomic E-state index is 13.2. The average Bonchev–Trinajstić information content (AvgIpc) is 3.31. The van der Waals surface area contributed by atoms with Gasteiger partial charge in [0.05, 0.1) is 11.2 Å². The lowest BCUT2D eigenvalue weighted by atomic mass is 10.0. The van der Waals surface area contributed by atoms with Crippen LogP contribution in [0.15, 0.2) is 35.1 Å². The van der Waals surface area contributed by atoms with Gasteiger partial charge in [-0.2, -0.15) is 0 Å². The second-order valence-corrected chi connectivity index (χ2v) is 9.19. The molecule has 3 aromatic rings. The number of amides is 1. The SMILES string of the molecule is CNc1nc([C@H]2CCN(C(=O)Cn3c(=O)cc(C)c4ccccc43)C2)nc2c1CCN(C)C2. The van der Waals surface area contributed by atoms with E-state index in [1.165, 1.54) is 5.56 Å². The van der Waals surface area contributed by atoms with Crippen LogP contribution in [0.4, 0.5) is 5.82 Å². The normalized spacial score (nSPS) is 18.5. The highest BCUT2D eigenvalue weighted by Gasteiger charge is 2.31. The summed E-state index contributed by atoms with van der Waals surface area (Å²) in [6.07, 6.45) is 1.77. The Morgan fingerprint density at radius 2 is 2.03 bits per heavy atom. The first-order valence-corrected chi connectivity index (χ1v) is 11.6. The lowest BCUT2D eigenvalue weighted by Gasteiger charge is -2.26. The first-order valence-electron chi connectivity index (χ1n) is 11.6. The number of pyridine rings is 1. The van der Waals surface area contributed by atoms with E-state index in [2.05, 4.69) is 17.3 Å². The van der Waals surface area contributed by atoms with Crippen molar-refractivity contribution in [1.82, 2.24) is 24.3 Å². The maximum Gasteiger partial charge on any atom is 0.251 e. The van der Waals surface area contributed by atoms with Crippen molar-refractivity contribution in [2.24, 2.45) is 0 Å². The third-order valence-electron chi connectivity index (χ3n) is 6.94. The molecule has 4 heterocycles. The molecule has 8 heteroatoms. The van der Waals surface area contributed by atoms with E-state index in [1.54, 1.807) is 10.6 Å². The fourth-order valence-corrected chi connectivity index (χ4v) is 5.07. The van der Waals surface area contributed by atoms with Gasteiger partial charge in [-0.25, -0.2) is 9.97 Å². The summed E-state index contributed by atoms with van der Waals surface area (Å²) in [7, 11) is 4.01. The summed E-state index contributed by atoms with van der Waals surface area (Å²) in [5.74, 6) is 1.78. The second-order valence-electron chi connectivity index (χ2n) is 9.19. The molecule has 172 valence electrons. The Hall–Kier alpha value is -3.26. The van der Waals surface area contributed by atoms with E-state index in [1.807, 2.05) is 43.1 Å². The van der Waals surface area contributed by atoms with Gasteiger partial charge >= 0.3 is 0 Å². The van der Waals surface area contributed by atoms with Crippen LogP contribution in [-0.2, 0) is 24.3 Å². The van der Waals surface area contributed by atoms with Crippen LogP contribution in [0.1, 0.15) is 35.0 Å². The lowest BCUT2D eigenvalue weighted by molar-refractivity contribution is -0.130. The predicted octanol–water partition coefficient (Wildman–Crippen LogP) is 2.15. The number of rotatable bonds is 4. The molecule has 1 fully saturated rings. The van der Waals surface area contributed by atoms with E-state index < -0.39 is 0 Å². The summed E-state index contributed by atoms with van der Waals surface area (Å²) in [6, 6.07) is 9.35. The Kier molecular flexibility index (Phi) is 5.62. The minimum absolute atomic E-state index is 0.0415. The van der Waals surface area contributed by atoms with Crippen LogP contribution in [0, 0.1) is 6.92 Å². The summed E-state index contributed by atoms with van der Waals surface area (Å²) >= 11 is 0. The summed E-state index contributed by atoms with van der Waals surface area (Å²) in [6.45, 7) is 5.02. The average molecular weight is 447 g/mol. The number of fused-ring (bicyclic) bond motifs is 2. The van der Waals surface area contributed by atoms with E-state index in [4.69, 9.17) is 9.97 Å². The number of nitrogens with one attached hydrogen (secondary N) is 1. The summed E-state index contributed by atoms with van der Waals surface area (Å²) < 4.78 is 1.59. The zero-order chi connectivity index (χ0) is 23.1. The Morgan fingerprint density at radius 3 is 2.85 bits per heavy atom. The van der Waals surface area contributed by atoms with Gasteiger partial charge in [0.2, 0.25) is 5.91 Å². The van der Waals surface area contributed by atoms with Crippen molar-refractivity contribution in [1.29, 1.82) is 0 Å². The van der Waals surface area contributed by atoms with Crippen LogP contribution >= 0.6 is 0 Å². The molecule has 0 saturated carbocycles. The minimum Gasteiger partial charge on any atom is -0.373 e. The third-order valence-corrected chi connectivity index (χ3v) is 6.94. The standard InChI is InChI=1S/C25H30N6O2/c1-16-12-22(32)31(21-7-5-4-6-18(16)21)15-23(33)30-11-8-17(13-30)24-27-20-14-29(3)10-9-19(20)25(26-2)28-24/h4-7,12,17H,8-11,13-15H2,1-3H3,(H,26,27,28)/t17-/m0/s1. The van der Waals surface area contributed by atoms with Crippen LogP contribution in [0.5, 0.6) is 0 Å². The number of likely N-dealkylation sites (tertiary alicyclic amines) is 1. The molecule has 1 saturated heterocycles. The number of carbonyl (C=O) groups excluding carboxylic acids is 1. The molecule has 0 aliphatic carbocycles. The first-order chi connectivity index (χ1) is 15.9. The van der Waals surface area contributed by atoms with Crippen LogP contribution in [0.25, 0.3) is 10.9 Å². The van der Waals surface area contributed by atoms with Crippen molar-refractivity contribution < 1.29 is 4.79 Å². The molecule has 0 bridgehead atoms. The summed E-state index contributed by atoms with van der Waals surface area (Å²) in [5.41, 5.74) is 3.87. The zero-order valence-corrected chi connectivity index (χ0v) is 19.5. The Balaban J connectivity index is 1.36. The van der Waals surface area contributed by atoms with Crippen molar-refractivity contribution in [3.8, 4) is 0 Å². The molecule has 5 rings (SSSR count). The van der Waals surface area contributed by atoms with Crippen molar-refractivity contribution in [2.75, 3.05) is 39.0 Å². The highest BCUT2D eigenvalue weighted by molar-refractivity contribution is 5.84. The van der Waals surface area contributed by atoms with Gasteiger partial charge in [-0.15, -0.1) is 0 Å². The van der Waals surface area contributed by atoms with Crippen molar-refractivity contribution in [3.05, 3.63) is 63.3 Å². The number of nitrogens with zero attached hydrogens (tertiary/aromatic N) is 5. The van der Waals surface area contributed by atoms with Gasteiger partial charge in [0, 0.05) is 56.2 Å². The van der Waals surface area contributed by atoms with E-state index >= 15 is 0 Å². The van der Waals surface area contributed by atoms with E-state index in [0.29, 0.717) is 13.1 Å². The van der Waals surface area contributed by atoms with Crippen LogP contribution in [0.2, 0.25) is 0 Å². The fraction of sp³-hybridized carbons (Fsp3) is 0.440. The van der Waals surface area contributed by atoms with Crippen molar-refractivity contribution in [2.45, 2.75) is 38.8 Å². The topological polar surface area (TPSA) is 83.4 Å². The summed E-state index contributed by atoms with van der Waals surface area (Å²) in [4.78, 5) is 39.7. The van der Waals surface area contributed by atoms with Crippen molar-refractivity contribution >= 4 is 22.6 Å². The highest BCUT2D eigenvalue weighted by Crippen LogP contribution is 2.30. The zero-order valence-electron chi connectivity index (χ0n) is 19.5. The fourth-order valence-electron chi connectivity index (χ4n) is 5.07. The van der Waals surface area contributed by atoms with Crippen molar-refractivity contribution in [3.63, 3.8) is 0 Å². The lowest BCUT2D eigenvalue weighted by Crippen LogP contribution is -2.35. The number of para-hydroxylation sites is 1. The first kappa shape index (κ1) is 21.6. The van der Waals surface area contributed by atoms with Gasteiger partial charge < -0.3 is 15.1 Å². The Labute approximate surface area is 193 Å². The quantitative estimate of drug-likeness (QED) is 0.661. The Bertz CT molecular complexity index is 1280. The molecule has 0 spiro atoms. The third kappa shape index (κ3) is 3.99. The molecule has 0 radical (unpaired) electrons. The summed E-state index contributed by atoms with van der Waals surface area (Å²) in [5, 5.41) is 4.24. The number of benzene rings is 1. The molecule has 1 atom stereocenters. The number of carbonyl (C=O) groups is 1. The van der Waals surface area contributed by atoms with E-state index in [-0.39, 0.29) is 23.9 Å². The molecule has 2 aliphatic heterocycles. The van der Waals surface area contributed by atoms with Crippen LogP contribution < -0.4 is 10.9 Å². The number of likely N-dealkylation sites (N-methyl/N-ethyl adjacent to an activating group) is 1. The largest absolute Gasteiger partial charge is 0.373 e. The van der Waals surface area contributed by atoms with Crippen LogP contribution in [0.3, 0.4) is 0 Å². The number of anilines is 1. The van der Waals surface area contributed by atoms with Crippen LogP contribution in [-0.4, -0.2) is 64.0 Å². The molecule has 1 amide bonds. The molecule has 2 aromatic heterocycles. The maximum atomic E-state index is 13.2. The molecule has 8 nitrogen and oxygen atoms in total. The van der Waals surface area contributed by atoms with E-state index in [9.17, 15) is 9.59 Å². The van der Waals surface area contributed by atoms with Gasteiger partial charge in [-0.3, -0.25) is 14.2 Å². The second kappa shape index (κ2) is 8.59. The molecular weight excluding hydrogens is 416 g/mol. The number of aryl methyl sites for hydroxylation is 1.